The van der Waals surface area contributed by atoms with E-state index in [9.17, 15) is 10.2 Å². The Morgan fingerprint density at radius 1 is 1.38 bits per heavy atom. The van der Waals surface area contributed by atoms with Crippen LogP contribution < -0.4 is 0 Å². The smallest absolute Gasteiger partial charge is 0.0797 e. The molecule has 2 aliphatic carbocycles. The fourth-order valence-corrected chi connectivity index (χ4v) is 4.99. The van der Waals surface area contributed by atoms with Crippen LogP contribution in [0, 0.1) is 17.3 Å². The van der Waals surface area contributed by atoms with Crippen molar-refractivity contribution in [2.75, 3.05) is 0 Å². The first-order valence-electron chi connectivity index (χ1n) is 8.38. The van der Waals surface area contributed by atoms with E-state index in [2.05, 4.69) is 20.1 Å². The van der Waals surface area contributed by atoms with E-state index in [0.29, 0.717) is 18.3 Å². The summed E-state index contributed by atoms with van der Waals surface area (Å²) in [4.78, 5) is 0. The Balaban J connectivity index is 2.21. The molecule has 2 saturated carbocycles. The van der Waals surface area contributed by atoms with Gasteiger partial charge in [0, 0.05) is 0 Å². The number of fused-ring (bicyclic) bond motifs is 1. The maximum absolute atomic E-state index is 10.8. The zero-order valence-electron chi connectivity index (χ0n) is 14.0. The van der Waals surface area contributed by atoms with Crippen LogP contribution in [0.25, 0.3) is 0 Å². The normalized spacial score (nSPS) is 43.0. The molecule has 120 valence electrons. The van der Waals surface area contributed by atoms with Gasteiger partial charge >= 0.3 is 0 Å². The van der Waals surface area contributed by atoms with E-state index in [1.165, 1.54) is 5.57 Å². The Morgan fingerprint density at radius 2 is 2.05 bits per heavy atom. The molecule has 2 rings (SSSR count). The Bertz CT molecular complexity index is 421. The molecule has 0 heterocycles. The second-order valence-electron chi connectivity index (χ2n) is 8.12. The lowest BCUT2D eigenvalue weighted by molar-refractivity contribution is -0.127. The quantitative estimate of drug-likeness (QED) is 0.761. The fourth-order valence-electron chi connectivity index (χ4n) is 4.99. The molecule has 0 amide bonds. The lowest BCUT2D eigenvalue weighted by Crippen LogP contribution is -2.54. The molecule has 0 spiro atoms. The van der Waals surface area contributed by atoms with Gasteiger partial charge in [-0.2, -0.15) is 0 Å². The van der Waals surface area contributed by atoms with Crippen LogP contribution in [0.3, 0.4) is 0 Å². The minimum absolute atomic E-state index is 0.119. The lowest BCUT2D eigenvalue weighted by Gasteiger charge is -2.57. The van der Waals surface area contributed by atoms with Crippen LogP contribution in [0.15, 0.2) is 24.8 Å². The average molecular weight is 292 g/mol. The first kappa shape index (κ1) is 16.8. The topological polar surface area (TPSA) is 40.5 Å². The van der Waals surface area contributed by atoms with Gasteiger partial charge in [0.05, 0.1) is 11.2 Å². The standard InChI is InChI=1S/C19H32O2/c1-6-17(3,20)13-10-15-14(2)8-9-16-18(15,4)11-7-12-19(16,5)21/h6,15-16,20-21H,1-2,7-13H2,3-5H3/t15-,16+,17-,18+,19+/m0/s1. The summed E-state index contributed by atoms with van der Waals surface area (Å²) in [6.07, 6.45) is 8.50. The molecule has 2 fully saturated rings. The number of hydrogen-bond donors (Lipinski definition) is 2. The van der Waals surface area contributed by atoms with Crippen molar-refractivity contribution in [2.45, 2.75) is 76.9 Å². The van der Waals surface area contributed by atoms with Crippen molar-refractivity contribution < 1.29 is 10.2 Å². The molecule has 0 aromatic carbocycles. The van der Waals surface area contributed by atoms with Crippen molar-refractivity contribution >= 4 is 0 Å². The van der Waals surface area contributed by atoms with Crippen LogP contribution in [0.1, 0.15) is 65.7 Å². The first-order valence-corrected chi connectivity index (χ1v) is 8.38. The Kier molecular flexibility index (Phi) is 4.43. The van der Waals surface area contributed by atoms with Crippen molar-refractivity contribution in [1.29, 1.82) is 0 Å². The molecule has 2 nitrogen and oxygen atoms in total. The van der Waals surface area contributed by atoms with E-state index in [4.69, 9.17) is 0 Å². The summed E-state index contributed by atoms with van der Waals surface area (Å²) in [5, 5.41) is 21.0. The van der Waals surface area contributed by atoms with Crippen LogP contribution in [0.4, 0.5) is 0 Å². The molecule has 2 aliphatic rings. The van der Waals surface area contributed by atoms with Crippen molar-refractivity contribution in [1.82, 2.24) is 0 Å². The predicted molar refractivity (Wildman–Crippen MR) is 88.0 cm³/mol. The van der Waals surface area contributed by atoms with Gasteiger partial charge in [-0.15, -0.1) is 6.58 Å². The molecule has 21 heavy (non-hydrogen) atoms. The summed E-state index contributed by atoms with van der Waals surface area (Å²) in [6.45, 7) is 14.2. The van der Waals surface area contributed by atoms with E-state index >= 15 is 0 Å². The second kappa shape index (κ2) is 5.55. The molecule has 0 aromatic rings. The van der Waals surface area contributed by atoms with E-state index in [0.717, 1.165) is 38.5 Å². The van der Waals surface area contributed by atoms with Crippen LogP contribution in [-0.2, 0) is 0 Å². The van der Waals surface area contributed by atoms with Gasteiger partial charge in [-0.3, -0.25) is 0 Å². The van der Waals surface area contributed by atoms with Crippen molar-refractivity contribution in [2.24, 2.45) is 17.3 Å². The van der Waals surface area contributed by atoms with Gasteiger partial charge < -0.3 is 10.2 Å². The molecule has 5 atom stereocenters. The van der Waals surface area contributed by atoms with Gasteiger partial charge in [-0.05, 0) is 69.6 Å². The van der Waals surface area contributed by atoms with Crippen molar-refractivity contribution in [3.63, 3.8) is 0 Å². The monoisotopic (exact) mass is 292 g/mol. The molecule has 2 heteroatoms. The molecule has 0 saturated heterocycles. The molecular formula is C19H32O2. The largest absolute Gasteiger partial charge is 0.390 e. The van der Waals surface area contributed by atoms with Gasteiger partial charge in [0.25, 0.3) is 0 Å². The Hall–Kier alpha value is -0.600. The van der Waals surface area contributed by atoms with Gasteiger partial charge in [0.15, 0.2) is 0 Å². The van der Waals surface area contributed by atoms with E-state index in [-0.39, 0.29) is 5.41 Å². The fraction of sp³-hybridized carbons (Fsp3) is 0.789. The summed E-state index contributed by atoms with van der Waals surface area (Å²) < 4.78 is 0. The van der Waals surface area contributed by atoms with Gasteiger partial charge in [0.2, 0.25) is 0 Å². The zero-order chi connectivity index (χ0) is 15.9. The van der Waals surface area contributed by atoms with E-state index in [1.54, 1.807) is 6.08 Å². The molecule has 0 unspecified atom stereocenters. The number of hydrogen-bond acceptors (Lipinski definition) is 2. The summed E-state index contributed by atoms with van der Waals surface area (Å²) in [5.74, 6) is 0.748. The third kappa shape index (κ3) is 3.12. The zero-order valence-corrected chi connectivity index (χ0v) is 14.0. The highest BCUT2D eigenvalue weighted by molar-refractivity contribution is 5.17. The van der Waals surface area contributed by atoms with E-state index in [1.807, 2.05) is 13.8 Å². The highest BCUT2D eigenvalue weighted by Crippen LogP contribution is 2.59. The third-order valence-corrected chi connectivity index (χ3v) is 6.37. The lowest BCUT2D eigenvalue weighted by atomic mass is 9.49. The Morgan fingerprint density at radius 3 is 2.67 bits per heavy atom. The maximum Gasteiger partial charge on any atom is 0.0797 e. The summed E-state index contributed by atoms with van der Waals surface area (Å²) in [7, 11) is 0. The van der Waals surface area contributed by atoms with Crippen LogP contribution in [0.5, 0.6) is 0 Å². The summed E-state index contributed by atoms with van der Waals surface area (Å²) in [6, 6.07) is 0. The van der Waals surface area contributed by atoms with E-state index < -0.39 is 11.2 Å². The SMILES string of the molecule is C=C[C@](C)(O)CC[C@H]1C(=C)CC[C@@H]2[C@]1(C)CCC[C@@]2(C)O. The highest BCUT2D eigenvalue weighted by Gasteiger charge is 2.53. The average Bonchev–Trinajstić information content (AvgIpc) is 2.36. The minimum Gasteiger partial charge on any atom is -0.390 e. The number of rotatable bonds is 4. The molecule has 0 bridgehead atoms. The highest BCUT2D eigenvalue weighted by atomic mass is 16.3. The molecule has 0 aromatic heterocycles. The Labute approximate surface area is 130 Å². The number of allylic oxidation sites excluding steroid dienone is 1. The van der Waals surface area contributed by atoms with Gasteiger partial charge in [-0.1, -0.05) is 31.6 Å². The molecule has 2 N–H and O–H groups in total. The summed E-state index contributed by atoms with van der Waals surface area (Å²) >= 11 is 0. The molecule has 0 radical (unpaired) electrons. The predicted octanol–water partition coefficient (Wildman–Crippen LogP) is 4.23. The summed E-state index contributed by atoms with van der Waals surface area (Å²) in [5.41, 5.74) is 0.0773. The van der Waals surface area contributed by atoms with Crippen LogP contribution >= 0.6 is 0 Å². The molecular weight excluding hydrogens is 260 g/mol. The molecule has 0 aliphatic heterocycles. The maximum atomic E-state index is 10.8. The first-order chi connectivity index (χ1) is 9.62. The van der Waals surface area contributed by atoms with Gasteiger partial charge in [0.1, 0.15) is 0 Å². The van der Waals surface area contributed by atoms with Crippen molar-refractivity contribution in [3.8, 4) is 0 Å². The van der Waals surface area contributed by atoms with Crippen molar-refractivity contribution in [3.05, 3.63) is 24.8 Å². The second-order valence-corrected chi connectivity index (χ2v) is 8.12. The third-order valence-electron chi connectivity index (χ3n) is 6.37. The minimum atomic E-state index is -0.805. The van der Waals surface area contributed by atoms with Gasteiger partial charge in [-0.25, -0.2) is 0 Å². The van der Waals surface area contributed by atoms with Crippen LogP contribution in [-0.4, -0.2) is 21.4 Å². The number of aliphatic hydroxyl groups is 2. The van der Waals surface area contributed by atoms with Crippen LogP contribution in [0.2, 0.25) is 0 Å².